The van der Waals surface area contributed by atoms with E-state index >= 15 is 0 Å². The van der Waals surface area contributed by atoms with Crippen molar-refractivity contribution >= 4 is 34.4 Å². The number of fused-ring (bicyclic) bond motifs is 1. The SMILES string of the molecule is COc1cc(-c2nc(SC)nc(N3CCN(C(=O)OC(C)(C)C)CC3)c2C#N)c2ccccc2c1. The summed E-state index contributed by atoms with van der Waals surface area (Å²) in [6.07, 6.45) is 1.59. The highest BCUT2D eigenvalue weighted by atomic mass is 32.2. The van der Waals surface area contributed by atoms with Crippen LogP contribution in [0.3, 0.4) is 0 Å². The number of hydrogen-bond donors (Lipinski definition) is 0. The molecule has 0 N–H and O–H groups in total. The molecule has 0 saturated carbocycles. The van der Waals surface area contributed by atoms with Gasteiger partial charge in [0.15, 0.2) is 11.0 Å². The summed E-state index contributed by atoms with van der Waals surface area (Å²) in [5.74, 6) is 1.28. The lowest BCUT2D eigenvalue weighted by Gasteiger charge is -2.36. The first-order chi connectivity index (χ1) is 16.7. The molecule has 1 aromatic heterocycles. The molecule has 3 aromatic rings. The quantitative estimate of drug-likeness (QED) is 0.374. The van der Waals surface area contributed by atoms with Gasteiger partial charge in [-0.05, 0) is 49.9 Å². The predicted molar refractivity (Wildman–Crippen MR) is 138 cm³/mol. The van der Waals surface area contributed by atoms with Crippen molar-refractivity contribution in [2.24, 2.45) is 0 Å². The monoisotopic (exact) mass is 491 g/mol. The van der Waals surface area contributed by atoms with Crippen molar-refractivity contribution in [1.82, 2.24) is 14.9 Å². The van der Waals surface area contributed by atoms with Crippen molar-refractivity contribution in [3.05, 3.63) is 42.0 Å². The largest absolute Gasteiger partial charge is 0.497 e. The van der Waals surface area contributed by atoms with Crippen molar-refractivity contribution in [3.8, 4) is 23.1 Å². The zero-order valence-corrected chi connectivity index (χ0v) is 21.5. The van der Waals surface area contributed by atoms with Crippen LogP contribution in [0.5, 0.6) is 5.75 Å². The first-order valence-electron chi connectivity index (χ1n) is 11.4. The molecule has 0 radical (unpaired) electrons. The molecule has 0 unspecified atom stereocenters. The Morgan fingerprint density at radius 3 is 2.46 bits per heavy atom. The normalized spacial score (nSPS) is 14.1. The molecule has 8 nitrogen and oxygen atoms in total. The third-order valence-corrected chi connectivity index (χ3v) is 6.27. The Balaban J connectivity index is 1.74. The lowest BCUT2D eigenvalue weighted by atomic mass is 9.98. The Kier molecular flexibility index (Phi) is 7.03. The predicted octanol–water partition coefficient (Wildman–Crippen LogP) is 4.96. The van der Waals surface area contributed by atoms with E-state index in [1.54, 1.807) is 12.0 Å². The van der Waals surface area contributed by atoms with Gasteiger partial charge >= 0.3 is 6.09 Å². The van der Waals surface area contributed by atoms with Crippen molar-refractivity contribution in [1.29, 1.82) is 5.26 Å². The van der Waals surface area contributed by atoms with Crippen LogP contribution in [0.2, 0.25) is 0 Å². The first-order valence-corrected chi connectivity index (χ1v) is 12.6. The van der Waals surface area contributed by atoms with Crippen LogP contribution in [0.4, 0.5) is 10.6 Å². The maximum atomic E-state index is 12.5. The van der Waals surface area contributed by atoms with Crippen molar-refractivity contribution < 1.29 is 14.3 Å². The Labute approximate surface area is 209 Å². The molecule has 0 spiro atoms. The number of thioether (sulfide) groups is 1. The van der Waals surface area contributed by atoms with E-state index in [4.69, 9.17) is 19.4 Å². The number of nitriles is 1. The minimum atomic E-state index is -0.545. The van der Waals surface area contributed by atoms with Crippen molar-refractivity contribution in [2.75, 3.05) is 44.4 Å². The maximum absolute atomic E-state index is 12.5. The minimum Gasteiger partial charge on any atom is -0.497 e. The van der Waals surface area contributed by atoms with Crippen LogP contribution in [0, 0.1) is 11.3 Å². The summed E-state index contributed by atoms with van der Waals surface area (Å²) >= 11 is 1.43. The van der Waals surface area contributed by atoms with Crippen LogP contribution in [0.1, 0.15) is 26.3 Å². The molecule has 35 heavy (non-hydrogen) atoms. The second-order valence-corrected chi connectivity index (χ2v) is 9.99. The summed E-state index contributed by atoms with van der Waals surface area (Å²) in [4.78, 5) is 25.7. The van der Waals surface area contributed by atoms with E-state index in [0.717, 1.165) is 16.3 Å². The zero-order chi connectivity index (χ0) is 25.2. The van der Waals surface area contributed by atoms with Crippen LogP contribution in [-0.4, -0.2) is 66.1 Å². The molecule has 182 valence electrons. The fourth-order valence-electron chi connectivity index (χ4n) is 4.07. The highest BCUT2D eigenvalue weighted by Crippen LogP contribution is 2.37. The molecular weight excluding hydrogens is 462 g/mol. The summed E-state index contributed by atoms with van der Waals surface area (Å²) in [6, 6.07) is 14.2. The number of nitrogens with zero attached hydrogens (tertiary/aromatic N) is 5. The molecule has 1 amide bonds. The van der Waals surface area contributed by atoms with E-state index in [1.807, 2.05) is 68.3 Å². The first kappa shape index (κ1) is 24.6. The summed E-state index contributed by atoms with van der Waals surface area (Å²) in [7, 11) is 1.63. The van der Waals surface area contributed by atoms with Crippen LogP contribution < -0.4 is 9.64 Å². The van der Waals surface area contributed by atoms with E-state index in [9.17, 15) is 10.1 Å². The number of hydrogen-bond acceptors (Lipinski definition) is 8. The summed E-state index contributed by atoms with van der Waals surface area (Å²) in [6.45, 7) is 7.61. The molecule has 2 aromatic carbocycles. The van der Waals surface area contributed by atoms with E-state index in [2.05, 4.69) is 6.07 Å². The molecule has 4 rings (SSSR count). The Morgan fingerprint density at radius 2 is 1.83 bits per heavy atom. The van der Waals surface area contributed by atoms with Crippen LogP contribution >= 0.6 is 11.8 Å². The third kappa shape index (κ3) is 5.28. The maximum Gasteiger partial charge on any atom is 0.410 e. The average molecular weight is 492 g/mol. The number of benzene rings is 2. The fraction of sp³-hybridized carbons (Fsp3) is 0.385. The van der Waals surface area contributed by atoms with Crippen LogP contribution in [0.15, 0.2) is 41.6 Å². The molecule has 1 saturated heterocycles. The van der Waals surface area contributed by atoms with E-state index in [-0.39, 0.29) is 6.09 Å². The smallest absolute Gasteiger partial charge is 0.410 e. The number of aromatic nitrogens is 2. The number of carbonyl (C=O) groups excluding carboxylic acids is 1. The number of piperazine rings is 1. The van der Waals surface area contributed by atoms with Gasteiger partial charge in [0.1, 0.15) is 23.0 Å². The number of rotatable bonds is 4. The van der Waals surface area contributed by atoms with Crippen LogP contribution in [-0.2, 0) is 4.74 Å². The van der Waals surface area contributed by atoms with Gasteiger partial charge in [0, 0.05) is 31.7 Å². The Bertz CT molecular complexity index is 1290. The van der Waals surface area contributed by atoms with Gasteiger partial charge in [0.2, 0.25) is 0 Å². The summed E-state index contributed by atoms with van der Waals surface area (Å²) in [5.41, 5.74) is 1.26. The van der Waals surface area contributed by atoms with Gasteiger partial charge in [-0.1, -0.05) is 36.0 Å². The molecule has 1 fully saturated rings. The van der Waals surface area contributed by atoms with Crippen molar-refractivity contribution in [3.63, 3.8) is 0 Å². The van der Waals surface area contributed by atoms with Gasteiger partial charge in [-0.25, -0.2) is 14.8 Å². The molecule has 9 heteroatoms. The molecule has 2 heterocycles. The number of amides is 1. The minimum absolute atomic E-state index is 0.325. The van der Waals surface area contributed by atoms with Gasteiger partial charge < -0.3 is 19.3 Å². The van der Waals surface area contributed by atoms with E-state index in [1.165, 1.54) is 11.8 Å². The Morgan fingerprint density at radius 1 is 1.11 bits per heavy atom. The van der Waals surface area contributed by atoms with Gasteiger partial charge in [-0.15, -0.1) is 0 Å². The standard InChI is InChI=1S/C26H29N5O3S/c1-26(2,3)34-25(32)31-12-10-30(11-13-31)23-21(16-27)22(28-24(29-23)35-5)20-15-18(33-4)14-17-8-6-7-9-19(17)20/h6-9,14-15H,10-13H2,1-5H3. The summed E-state index contributed by atoms with van der Waals surface area (Å²) in [5, 5.41) is 12.8. The molecule has 0 aliphatic carbocycles. The third-order valence-electron chi connectivity index (χ3n) is 5.72. The summed E-state index contributed by atoms with van der Waals surface area (Å²) < 4.78 is 11.1. The lowest BCUT2D eigenvalue weighted by Crippen LogP contribution is -2.50. The van der Waals surface area contributed by atoms with Crippen molar-refractivity contribution in [2.45, 2.75) is 31.5 Å². The number of ether oxygens (including phenoxy) is 2. The molecular formula is C26H29N5O3S. The van der Waals surface area contributed by atoms with Crippen LogP contribution in [0.25, 0.3) is 22.0 Å². The molecule has 0 bridgehead atoms. The van der Waals surface area contributed by atoms with E-state index < -0.39 is 5.60 Å². The van der Waals surface area contributed by atoms with E-state index in [0.29, 0.717) is 54.2 Å². The second-order valence-electron chi connectivity index (χ2n) is 9.22. The van der Waals surface area contributed by atoms with Gasteiger partial charge in [0.05, 0.1) is 12.8 Å². The number of methoxy groups -OCH3 is 1. The molecule has 1 aliphatic rings. The Hall–Kier alpha value is -3.51. The van der Waals surface area contributed by atoms with Gasteiger partial charge in [0.25, 0.3) is 0 Å². The fourth-order valence-corrected chi connectivity index (χ4v) is 4.43. The molecule has 0 atom stereocenters. The zero-order valence-electron chi connectivity index (χ0n) is 20.7. The molecule has 1 aliphatic heterocycles. The number of carbonyl (C=O) groups is 1. The topological polar surface area (TPSA) is 91.6 Å². The lowest BCUT2D eigenvalue weighted by molar-refractivity contribution is 0.0240. The highest BCUT2D eigenvalue weighted by molar-refractivity contribution is 7.98. The number of anilines is 1. The van der Waals surface area contributed by atoms with Gasteiger partial charge in [-0.3, -0.25) is 0 Å². The highest BCUT2D eigenvalue weighted by Gasteiger charge is 2.29. The van der Waals surface area contributed by atoms with Gasteiger partial charge in [-0.2, -0.15) is 5.26 Å². The average Bonchev–Trinajstić information content (AvgIpc) is 2.86. The second kappa shape index (κ2) is 10.0.